The Bertz CT molecular complexity index is 923. The van der Waals surface area contributed by atoms with Crippen molar-refractivity contribution in [3.63, 3.8) is 0 Å². The van der Waals surface area contributed by atoms with Crippen molar-refractivity contribution in [2.75, 3.05) is 25.3 Å². The number of anilines is 1. The minimum absolute atomic E-state index is 0.0130. The summed E-state index contributed by atoms with van der Waals surface area (Å²) in [5, 5.41) is 3.53. The minimum Gasteiger partial charge on any atom is -0.497 e. The van der Waals surface area contributed by atoms with Gasteiger partial charge in [-0.2, -0.15) is 0 Å². The number of aryl methyl sites for hydroxylation is 1. The van der Waals surface area contributed by atoms with Gasteiger partial charge < -0.3 is 14.8 Å². The second-order valence-corrected chi connectivity index (χ2v) is 8.12. The van der Waals surface area contributed by atoms with Gasteiger partial charge in [0.15, 0.2) is 5.13 Å². The highest BCUT2D eigenvalue weighted by Gasteiger charge is 2.13. The molecule has 2 aromatic carbocycles. The van der Waals surface area contributed by atoms with E-state index in [1.165, 1.54) is 16.2 Å². The zero-order valence-corrected chi connectivity index (χ0v) is 17.2. The topological polar surface area (TPSA) is 60.5 Å². The lowest BCUT2D eigenvalue weighted by molar-refractivity contribution is -0.116. The lowest BCUT2D eigenvalue weighted by Crippen LogP contribution is -2.11. The number of aromatic nitrogens is 1. The number of thiazole rings is 1. The second-order valence-electron chi connectivity index (χ2n) is 5.96. The number of hydrogen-bond acceptors (Lipinski definition) is 6. The van der Waals surface area contributed by atoms with Gasteiger partial charge in [0.05, 0.1) is 18.9 Å². The van der Waals surface area contributed by atoms with E-state index in [9.17, 15) is 4.79 Å². The molecular formula is C20H22N2O3S2. The van der Waals surface area contributed by atoms with Crippen LogP contribution in [0.25, 0.3) is 10.2 Å². The van der Waals surface area contributed by atoms with Gasteiger partial charge in [0, 0.05) is 11.3 Å². The zero-order valence-electron chi connectivity index (χ0n) is 15.6. The van der Waals surface area contributed by atoms with E-state index < -0.39 is 0 Å². The van der Waals surface area contributed by atoms with Crippen molar-refractivity contribution in [1.29, 1.82) is 0 Å². The Morgan fingerprint density at radius 1 is 1.15 bits per heavy atom. The van der Waals surface area contributed by atoms with Gasteiger partial charge in [-0.15, -0.1) is 11.8 Å². The fraction of sp³-hybridized carbons (Fsp3) is 0.300. The van der Waals surface area contributed by atoms with Crippen LogP contribution in [0.2, 0.25) is 0 Å². The lowest BCUT2D eigenvalue weighted by Gasteiger charge is -2.04. The Kier molecular flexibility index (Phi) is 6.58. The third kappa shape index (κ3) is 4.93. The molecule has 3 rings (SSSR count). The molecule has 0 unspecified atom stereocenters. The zero-order chi connectivity index (χ0) is 19.2. The van der Waals surface area contributed by atoms with Gasteiger partial charge in [0.25, 0.3) is 0 Å². The number of hydrogen-bond donors (Lipinski definition) is 1. The number of methoxy groups -OCH3 is 2. The molecule has 0 atom stereocenters. The number of thioether (sulfide) groups is 1. The molecule has 7 heteroatoms. The molecule has 0 aliphatic rings. The van der Waals surface area contributed by atoms with Crippen molar-refractivity contribution >= 4 is 44.4 Å². The van der Waals surface area contributed by atoms with Gasteiger partial charge in [-0.1, -0.05) is 17.4 Å². The number of benzene rings is 2. The normalized spacial score (nSPS) is 10.8. The van der Waals surface area contributed by atoms with Crippen LogP contribution < -0.4 is 14.8 Å². The Balaban J connectivity index is 1.50. The Hall–Kier alpha value is -2.25. The number of carbonyl (C=O) groups excluding carboxylic acids is 1. The van der Waals surface area contributed by atoms with Crippen molar-refractivity contribution in [3.05, 3.63) is 42.0 Å². The van der Waals surface area contributed by atoms with Crippen LogP contribution in [-0.2, 0) is 4.79 Å². The third-order valence-electron chi connectivity index (χ3n) is 4.05. The van der Waals surface area contributed by atoms with Crippen LogP contribution in [0, 0.1) is 6.92 Å². The largest absolute Gasteiger partial charge is 0.497 e. The molecule has 3 aromatic rings. The predicted octanol–water partition coefficient (Wildman–Crippen LogP) is 5.13. The average Bonchev–Trinajstić information content (AvgIpc) is 3.10. The number of amides is 1. The smallest absolute Gasteiger partial charge is 0.226 e. The highest BCUT2D eigenvalue weighted by atomic mass is 32.2. The monoisotopic (exact) mass is 402 g/mol. The van der Waals surface area contributed by atoms with E-state index in [1.807, 2.05) is 43.3 Å². The molecule has 0 radical (unpaired) electrons. The van der Waals surface area contributed by atoms with Crippen LogP contribution in [0.4, 0.5) is 5.13 Å². The van der Waals surface area contributed by atoms with E-state index in [2.05, 4.69) is 10.3 Å². The first-order chi connectivity index (χ1) is 13.1. The molecule has 0 bridgehead atoms. The molecule has 1 aromatic heterocycles. The summed E-state index contributed by atoms with van der Waals surface area (Å²) in [6.45, 7) is 2.03. The van der Waals surface area contributed by atoms with Gasteiger partial charge in [-0.3, -0.25) is 4.79 Å². The first-order valence-electron chi connectivity index (χ1n) is 8.61. The third-order valence-corrected chi connectivity index (χ3v) is 6.25. The molecular weight excluding hydrogens is 380 g/mol. The summed E-state index contributed by atoms with van der Waals surface area (Å²) in [6.07, 6.45) is 1.27. The maximum atomic E-state index is 12.2. The fourth-order valence-electron chi connectivity index (χ4n) is 2.60. The molecule has 0 spiro atoms. The molecule has 142 valence electrons. The highest BCUT2D eigenvalue weighted by Crippen LogP contribution is 2.34. The van der Waals surface area contributed by atoms with Crippen LogP contribution in [0.5, 0.6) is 11.5 Å². The van der Waals surface area contributed by atoms with Crippen LogP contribution in [0.15, 0.2) is 41.3 Å². The Labute approximate surface area is 167 Å². The maximum Gasteiger partial charge on any atom is 0.226 e. The lowest BCUT2D eigenvalue weighted by atomic mass is 10.2. The van der Waals surface area contributed by atoms with E-state index in [4.69, 9.17) is 9.47 Å². The molecule has 0 saturated carbocycles. The molecule has 0 aliphatic carbocycles. The molecule has 1 heterocycles. The summed E-state index contributed by atoms with van der Waals surface area (Å²) in [5.74, 6) is 2.44. The standard InChI is InChI=1S/C20H22N2O3S2/c1-13-6-11-16(25-3)18-19(13)27-20(22-18)21-17(23)5-4-12-26-15-9-7-14(24-2)8-10-15/h6-11H,4-5,12H2,1-3H3,(H,21,22,23). The van der Waals surface area contributed by atoms with E-state index in [0.717, 1.165) is 39.5 Å². The molecule has 1 amide bonds. The molecule has 0 fully saturated rings. The SMILES string of the molecule is COc1ccc(SCCCC(=O)Nc2nc3c(OC)ccc(C)c3s2)cc1. The minimum atomic E-state index is -0.0130. The maximum absolute atomic E-state index is 12.2. The first kappa shape index (κ1) is 19.5. The Morgan fingerprint density at radius 2 is 1.93 bits per heavy atom. The summed E-state index contributed by atoms with van der Waals surface area (Å²) in [7, 11) is 3.28. The van der Waals surface area contributed by atoms with Crippen molar-refractivity contribution in [3.8, 4) is 11.5 Å². The predicted molar refractivity (Wildman–Crippen MR) is 112 cm³/mol. The van der Waals surface area contributed by atoms with E-state index in [-0.39, 0.29) is 5.91 Å². The molecule has 5 nitrogen and oxygen atoms in total. The quantitative estimate of drug-likeness (QED) is 0.418. The number of ether oxygens (including phenoxy) is 2. The molecule has 27 heavy (non-hydrogen) atoms. The highest BCUT2D eigenvalue weighted by molar-refractivity contribution is 7.99. The first-order valence-corrected chi connectivity index (χ1v) is 10.4. The average molecular weight is 403 g/mol. The number of nitrogens with zero attached hydrogens (tertiary/aromatic N) is 1. The van der Waals surface area contributed by atoms with Gasteiger partial charge >= 0.3 is 0 Å². The van der Waals surface area contributed by atoms with Crippen molar-refractivity contribution < 1.29 is 14.3 Å². The van der Waals surface area contributed by atoms with E-state index in [1.54, 1.807) is 26.0 Å². The van der Waals surface area contributed by atoms with Gasteiger partial charge in [0.1, 0.15) is 17.0 Å². The Morgan fingerprint density at radius 3 is 2.63 bits per heavy atom. The van der Waals surface area contributed by atoms with E-state index >= 15 is 0 Å². The van der Waals surface area contributed by atoms with Crippen molar-refractivity contribution in [2.45, 2.75) is 24.7 Å². The summed E-state index contributed by atoms with van der Waals surface area (Å²) >= 11 is 3.21. The number of fused-ring (bicyclic) bond motifs is 1. The van der Waals surface area contributed by atoms with Gasteiger partial charge in [-0.25, -0.2) is 4.98 Å². The van der Waals surface area contributed by atoms with Crippen LogP contribution in [-0.4, -0.2) is 30.9 Å². The van der Waals surface area contributed by atoms with Gasteiger partial charge in [-0.05, 0) is 55.0 Å². The number of rotatable bonds is 8. The van der Waals surface area contributed by atoms with Gasteiger partial charge in [0.2, 0.25) is 5.91 Å². The molecule has 1 N–H and O–H groups in total. The number of carbonyl (C=O) groups is 1. The van der Waals surface area contributed by atoms with Crippen LogP contribution in [0.1, 0.15) is 18.4 Å². The van der Waals surface area contributed by atoms with Crippen molar-refractivity contribution in [1.82, 2.24) is 4.98 Å². The van der Waals surface area contributed by atoms with Crippen molar-refractivity contribution in [2.24, 2.45) is 0 Å². The fourth-order valence-corrected chi connectivity index (χ4v) is 4.42. The molecule has 0 saturated heterocycles. The number of nitrogens with one attached hydrogen (secondary N) is 1. The second kappa shape index (κ2) is 9.10. The summed E-state index contributed by atoms with van der Waals surface area (Å²) in [5.41, 5.74) is 1.92. The summed E-state index contributed by atoms with van der Waals surface area (Å²) < 4.78 is 11.6. The summed E-state index contributed by atoms with van der Waals surface area (Å²) in [4.78, 5) is 17.9. The van der Waals surface area contributed by atoms with E-state index in [0.29, 0.717) is 11.6 Å². The molecule has 0 aliphatic heterocycles. The van der Waals surface area contributed by atoms with Crippen LogP contribution in [0.3, 0.4) is 0 Å². The van der Waals surface area contributed by atoms with Crippen LogP contribution >= 0.6 is 23.1 Å². The summed E-state index contributed by atoms with van der Waals surface area (Å²) in [6, 6.07) is 11.8.